The number of amides is 1. The second kappa shape index (κ2) is 11.2. The number of aromatic amines is 1. The molecule has 1 amide bonds. The van der Waals surface area contributed by atoms with E-state index in [-0.39, 0.29) is 36.2 Å². The van der Waals surface area contributed by atoms with Crippen molar-refractivity contribution in [3.63, 3.8) is 0 Å². The molecule has 3 heterocycles. The Morgan fingerprint density at radius 3 is 2.49 bits per heavy atom. The van der Waals surface area contributed by atoms with E-state index in [4.69, 9.17) is 4.52 Å². The summed E-state index contributed by atoms with van der Waals surface area (Å²) in [5.41, 5.74) is 1.12. The minimum atomic E-state index is -4.82. The molecule has 0 spiro atoms. The Bertz CT molecular complexity index is 1510. The summed E-state index contributed by atoms with van der Waals surface area (Å²) < 4.78 is 89.1. The van der Waals surface area contributed by atoms with Crippen molar-refractivity contribution >= 4 is 22.8 Å². The lowest BCUT2D eigenvalue weighted by atomic mass is 9.89. The zero-order valence-electron chi connectivity index (χ0n) is 21.2. The topological polar surface area (TPSA) is 106 Å². The Morgan fingerprint density at radius 1 is 1.02 bits per heavy atom. The number of benzene rings is 2. The summed E-state index contributed by atoms with van der Waals surface area (Å²) >= 11 is 0. The van der Waals surface area contributed by atoms with Gasteiger partial charge in [0.2, 0.25) is 5.89 Å². The van der Waals surface area contributed by atoms with E-state index in [1.54, 1.807) is 12.1 Å². The number of para-hydroxylation sites is 1. The molecule has 9 nitrogen and oxygen atoms in total. The van der Waals surface area contributed by atoms with Crippen LogP contribution in [0.1, 0.15) is 40.7 Å². The van der Waals surface area contributed by atoms with Crippen molar-refractivity contribution in [1.29, 1.82) is 0 Å². The highest BCUT2D eigenvalue weighted by Gasteiger charge is 2.34. The van der Waals surface area contributed by atoms with Gasteiger partial charge >= 0.3 is 12.7 Å². The first kappa shape index (κ1) is 28.1. The molecule has 2 N–H and O–H groups in total. The highest BCUT2D eigenvalue weighted by molar-refractivity contribution is 5.98. The third kappa shape index (κ3) is 7.21. The Labute approximate surface area is 228 Å². The number of aromatic nitrogens is 3. The quantitative estimate of drug-likeness (QED) is 0.256. The highest BCUT2D eigenvalue weighted by Crippen LogP contribution is 2.37. The molecule has 1 saturated heterocycles. The van der Waals surface area contributed by atoms with Crippen molar-refractivity contribution in [3.05, 3.63) is 65.7 Å². The van der Waals surface area contributed by atoms with Gasteiger partial charge in [-0.3, -0.25) is 4.79 Å². The van der Waals surface area contributed by atoms with Gasteiger partial charge in [-0.2, -0.15) is 4.98 Å². The van der Waals surface area contributed by atoms with E-state index in [2.05, 4.69) is 29.9 Å². The monoisotopic (exact) mass is 583 g/mol. The number of hydrogen-bond acceptors (Lipinski definition) is 7. The largest absolute Gasteiger partial charge is 0.573 e. The van der Waals surface area contributed by atoms with Gasteiger partial charge in [0.15, 0.2) is 0 Å². The number of carbonyl (C=O) groups excluding carboxylic acids is 1. The van der Waals surface area contributed by atoms with Gasteiger partial charge in [0, 0.05) is 37.0 Å². The van der Waals surface area contributed by atoms with Crippen molar-refractivity contribution < 1.29 is 45.1 Å². The number of fused-ring (bicyclic) bond motifs is 1. The van der Waals surface area contributed by atoms with Crippen LogP contribution in [0.2, 0.25) is 0 Å². The van der Waals surface area contributed by atoms with E-state index >= 15 is 0 Å². The van der Waals surface area contributed by atoms with Gasteiger partial charge in [-0.25, -0.2) is 0 Å². The van der Waals surface area contributed by atoms with Crippen LogP contribution in [0, 0.1) is 0 Å². The van der Waals surface area contributed by atoms with E-state index in [0.717, 1.165) is 6.07 Å². The standard InChI is InChI=1S/C26H23F6N5O4/c27-25(28,29)39-17-5-6-19-16(13-17)14-20(34-19)23(38)33-10-7-22-35-24(36-41-22)37-11-8-15(9-12-37)18-3-1-2-4-21(18)40-26(30,31)32/h1-6,13-15,34H,7-12H2,(H,33,38). The normalized spacial score (nSPS) is 14.8. The number of hydrogen-bond donors (Lipinski definition) is 2. The molecule has 41 heavy (non-hydrogen) atoms. The van der Waals surface area contributed by atoms with E-state index < -0.39 is 24.4 Å². The number of nitrogens with one attached hydrogen (secondary N) is 2. The molecule has 218 valence electrons. The van der Waals surface area contributed by atoms with E-state index in [1.165, 1.54) is 30.3 Å². The summed E-state index contributed by atoms with van der Waals surface area (Å²) in [5.74, 6) is -0.576. The Kier molecular flexibility index (Phi) is 7.69. The molecule has 0 saturated carbocycles. The smallest absolute Gasteiger partial charge is 0.406 e. The zero-order valence-corrected chi connectivity index (χ0v) is 21.2. The molecule has 1 fully saturated rings. The molecule has 0 aliphatic carbocycles. The third-order valence-corrected chi connectivity index (χ3v) is 6.51. The molecule has 0 radical (unpaired) electrons. The number of carbonyl (C=O) groups is 1. The van der Waals surface area contributed by atoms with Crippen molar-refractivity contribution in [3.8, 4) is 11.5 Å². The summed E-state index contributed by atoms with van der Waals surface area (Å²) in [5, 5.41) is 7.03. The lowest BCUT2D eigenvalue weighted by Gasteiger charge is -2.31. The van der Waals surface area contributed by atoms with Crippen LogP contribution in [-0.2, 0) is 6.42 Å². The van der Waals surface area contributed by atoms with Crippen LogP contribution in [0.15, 0.2) is 53.1 Å². The average Bonchev–Trinajstić information content (AvgIpc) is 3.54. The minimum Gasteiger partial charge on any atom is -0.406 e. The number of halogens is 6. The van der Waals surface area contributed by atoms with E-state index in [1.807, 2.05) is 4.90 Å². The van der Waals surface area contributed by atoms with Gasteiger partial charge in [0.1, 0.15) is 17.2 Å². The van der Waals surface area contributed by atoms with E-state index in [0.29, 0.717) is 48.3 Å². The lowest BCUT2D eigenvalue weighted by molar-refractivity contribution is -0.275. The fourth-order valence-electron chi connectivity index (χ4n) is 4.71. The molecule has 2 aromatic carbocycles. The van der Waals surface area contributed by atoms with Crippen molar-refractivity contribution in [1.82, 2.24) is 20.4 Å². The summed E-state index contributed by atoms with van der Waals surface area (Å²) in [4.78, 5) is 21.6. The van der Waals surface area contributed by atoms with Crippen molar-refractivity contribution in [2.24, 2.45) is 0 Å². The first-order chi connectivity index (χ1) is 19.4. The van der Waals surface area contributed by atoms with Gasteiger partial charge in [-0.1, -0.05) is 18.2 Å². The lowest BCUT2D eigenvalue weighted by Crippen LogP contribution is -2.34. The molecule has 1 aliphatic rings. The number of alkyl halides is 6. The maximum atomic E-state index is 12.8. The maximum Gasteiger partial charge on any atom is 0.573 e. The highest BCUT2D eigenvalue weighted by atomic mass is 19.4. The Morgan fingerprint density at radius 2 is 1.76 bits per heavy atom. The maximum absolute atomic E-state index is 12.8. The summed E-state index contributed by atoms with van der Waals surface area (Å²) in [6, 6.07) is 11.2. The van der Waals surface area contributed by atoms with Crippen LogP contribution >= 0.6 is 0 Å². The number of rotatable bonds is 8. The number of H-pyrrole nitrogens is 1. The first-order valence-corrected chi connectivity index (χ1v) is 12.5. The van der Waals surface area contributed by atoms with Crippen molar-refractivity contribution in [2.45, 2.75) is 37.9 Å². The van der Waals surface area contributed by atoms with Crippen LogP contribution in [0.25, 0.3) is 10.9 Å². The molecule has 15 heteroatoms. The summed E-state index contributed by atoms with van der Waals surface area (Å²) in [6.07, 6.45) is -8.25. The average molecular weight is 583 g/mol. The number of ether oxygens (including phenoxy) is 2. The second-order valence-electron chi connectivity index (χ2n) is 9.32. The van der Waals surface area contributed by atoms with Crippen LogP contribution < -0.4 is 19.7 Å². The molecule has 5 rings (SSSR count). The number of anilines is 1. The van der Waals surface area contributed by atoms with Gasteiger partial charge < -0.3 is 29.2 Å². The first-order valence-electron chi connectivity index (χ1n) is 12.5. The van der Waals surface area contributed by atoms with Gasteiger partial charge in [0.25, 0.3) is 11.9 Å². The molecule has 0 atom stereocenters. The molecular weight excluding hydrogens is 560 g/mol. The number of nitrogens with zero attached hydrogens (tertiary/aromatic N) is 3. The zero-order chi connectivity index (χ0) is 29.2. The second-order valence-corrected chi connectivity index (χ2v) is 9.32. The molecular formula is C26H23F6N5O4. The SMILES string of the molecule is O=C(NCCc1nc(N2CCC(c3ccccc3OC(F)(F)F)CC2)no1)c1cc2cc(OC(F)(F)F)ccc2[nH]1. The molecule has 0 bridgehead atoms. The number of piperidine rings is 1. The summed E-state index contributed by atoms with van der Waals surface area (Å²) in [6.45, 7) is 1.14. The molecule has 2 aromatic heterocycles. The molecule has 1 aliphatic heterocycles. The van der Waals surface area contributed by atoms with E-state index in [9.17, 15) is 31.1 Å². The molecule has 4 aromatic rings. The van der Waals surface area contributed by atoms with Gasteiger partial charge in [-0.15, -0.1) is 26.3 Å². The fraction of sp³-hybridized carbons (Fsp3) is 0.346. The predicted molar refractivity (Wildman–Crippen MR) is 133 cm³/mol. The van der Waals surface area contributed by atoms with Crippen LogP contribution in [0.5, 0.6) is 11.5 Å². The molecule has 0 unspecified atom stereocenters. The minimum absolute atomic E-state index is 0.125. The van der Waals surface area contributed by atoms with Crippen LogP contribution in [-0.4, -0.2) is 53.4 Å². The third-order valence-electron chi connectivity index (χ3n) is 6.51. The van der Waals surface area contributed by atoms with Crippen molar-refractivity contribution in [2.75, 3.05) is 24.5 Å². The van der Waals surface area contributed by atoms with Crippen LogP contribution in [0.3, 0.4) is 0 Å². The van der Waals surface area contributed by atoms with Gasteiger partial charge in [0.05, 0.1) is 0 Å². The summed E-state index contributed by atoms with van der Waals surface area (Å²) in [7, 11) is 0. The predicted octanol–water partition coefficient (Wildman–Crippen LogP) is 5.70. The Balaban J connectivity index is 1.12. The van der Waals surface area contributed by atoms with Crippen LogP contribution in [0.4, 0.5) is 32.3 Å². The fourth-order valence-corrected chi connectivity index (χ4v) is 4.71. The van der Waals surface area contributed by atoms with Gasteiger partial charge in [-0.05, 0) is 59.8 Å². The Hall–Kier alpha value is -4.43.